The summed E-state index contributed by atoms with van der Waals surface area (Å²) in [6.07, 6.45) is 0. The molecule has 2 heteroatoms. The fourth-order valence-corrected chi connectivity index (χ4v) is 7.92. The van der Waals surface area contributed by atoms with E-state index in [1.54, 1.807) is 0 Å². The lowest BCUT2D eigenvalue weighted by Crippen LogP contribution is -2.00. The quantitative estimate of drug-likeness (QED) is 0.135. The summed E-state index contributed by atoms with van der Waals surface area (Å²) in [7, 11) is 6.39. The van der Waals surface area contributed by atoms with Crippen LogP contribution >= 0.6 is 0 Å². The molecule has 2 radical (unpaired) electrons. The first-order valence-corrected chi connectivity index (χ1v) is 17.1. The van der Waals surface area contributed by atoms with Crippen LogP contribution in [0.1, 0.15) is 0 Å². The molecule has 1 heterocycles. The lowest BCUT2D eigenvalue weighted by molar-refractivity contribution is 1.18. The molecule has 0 aliphatic carbocycles. The Hall–Kier alpha value is -6.38. The van der Waals surface area contributed by atoms with E-state index in [0.717, 1.165) is 27.6 Å². The molecule has 1 aromatic heterocycles. The van der Waals surface area contributed by atoms with Gasteiger partial charge in [0, 0.05) is 16.5 Å². The number of hydrogen-bond acceptors (Lipinski definition) is 0. The molecular formula is C48H30BN. The first kappa shape index (κ1) is 28.6. The first-order valence-electron chi connectivity index (χ1n) is 17.1. The van der Waals surface area contributed by atoms with E-state index < -0.39 is 0 Å². The summed E-state index contributed by atoms with van der Waals surface area (Å²) >= 11 is 0. The van der Waals surface area contributed by atoms with Crippen molar-refractivity contribution in [2.24, 2.45) is 0 Å². The number of hydrogen-bond donors (Lipinski definition) is 0. The van der Waals surface area contributed by atoms with Gasteiger partial charge < -0.3 is 4.57 Å². The third kappa shape index (κ3) is 4.57. The van der Waals surface area contributed by atoms with E-state index in [0.29, 0.717) is 0 Å². The molecule has 0 atom stereocenters. The summed E-state index contributed by atoms with van der Waals surface area (Å²) in [6, 6.07) is 65.8. The van der Waals surface area contributed by atoms with E-state index in [-0.39, 0.29) is 0 Å². The fourth-order valence-electron chi connectivity index (χ4n) is 7.92. The highest BCUT2D eigenvalue weighted by molar-refractivity contribution is 6.34. The predicted octanol–water partition coefficient (Wildman–Crippen LogP) is 12.0. The van der Waals surface area contributed by atoms with Gasteiger partial charge in [-0.05, 0) is 108 Å². The third-order valence-corrected chi connectivity index (χ3v) is 10.3. The van der Waals surface area contributed by atoms with E-state index >= 15 is 0 Å². The molecule has 0 fully saturated rings. The van der Waals surface area contributed by atoms with Crippen LogP contribution in [0.3, 0.4) is 0 Å². The van der Waals surface area contributed by atoms with Crippen LogP contribution in [0, 0.1) is 0 Å². The van der Waals surface area contributed by atoms with Gasteiger partial charge in [0.05, 0.1) is 11.0 Å². The summed E-state index contributed by atoms with van der Waals surface area (Å²) in [5.74, 6) is 0. The SMILES string of the molecule is [B]c1ccc2c(c1)c1cc(-c3cccc(-c4ccc5c6ccccc6c6ccccc6c5c4)c3)ccc1n2-c1cccc(-c2ccccc2)c1. The van der Waals surface area contributed by atoms with Crippen molar-refractivity contribution in [3.63, 3.8) is 0 Å². The Bertz CT molecular complexity index is 2900. The lowest BCUT2D eigenvalue weighted by Gasteiger charge is -2.13. The Kier molecular flexibility index (Phi) is 6.50. The minimum atomic E-state index is 0.763. The zero-order valence-corrected chi connectivity index (χ0v) is 27.3. The number of fused-ring (bicyclic) bond motifs is 9. The van der Waals surface area contributed by atoms with Gasteiger partial charge in [-0.15, -0.1) is 0 Å². The Morgan fingerprint density at radius 3 is 1.42 bits per heavy atom. The van der Waals surface area contributed by atoms with Crippen molar-refractivity contribution < 1.29 is 0 Å². The monoisotopic (exact) mass is 631 g/mol. The van der Waals surface area contributed by atoms with Gasteiger partial charge in [-0.3, -0.25) is 0 Å². The van der Waals surface area contributed by atoms with Crippen LogP contribution < -0.4 is 5.46 Å². The molecule has 0 saturated heterocycles. The van der Waals surface area contributed by atoms with Crippen LogP contribution in [0.15, 0.2) is 182 Å². The molecule has 1 nitrogen and oxygen atoms in total. The maximum atomic E-state index is 6.39. The largest absolute Gasteiger partial charge is 0.309 e. The summed E-state index contributed by atoms with van der Waals surface area (Å²) in [5.41, 5.74) is 11.4. The molecule has 50 heavy (non-hydrogen) atoms. The molecule has 0 N–H and O–H groups in total. The maximum Gasteiger partial charge on any atom is 0.113 e. The zero-order chi connectivity index (χ0) is 33.2. The molecule has 0 aliphatic heterocycles. The molecule has 230 valence electrons. The minimum absolute atomic E-state index is 0.763. The minimum Gasteiger partial charge on any atom is -0.309 e. The van der Waals surface area contributed by atoms with Crippen molar-refractivity contribution in [2.45, 2.75) is 0 Å². The normalized spacial score (nSPS) is 11.7. The fraction of sp³-hybridized carbons (Fsp3) is 0. The predicted molar refractivity (Wildman–Crippen MR) is 215 cm³/mol. The molecule has 0 amide bonds. The van der Waals surface area contributed by atoms with Crippen molar-refractivity contribution in [1.29, 1.82) is 0 Å². The highest BCUT2D eigenvalue weighted by Crippen LogP contribution is 2.39. The van der Waals surface area contributed by atoms with Gasteiger partial charge in [0.15, 0.2) is 0 Å². The number of nitrogens with zero attached hydrogens (tertiary/aromatic N) is 1. The summed E-state index contributed by atoms with van der Waals surface area (Å²) in [4.78, 5) is 0. The molecule has 9 aromatic carbocycles. The molecule has 0 aliphatic rings. The van der Waals surface area contributed by atoms with Crippen molar-refractivity contribution in [2.75, 3.05) is 0 Å². The molecule has 0 unspecified atom stereocenters. The Labute approximate surface area is 292 Å². The van der Waals surface area contributed by atoms with Crippen LogP contribution in [0.4, 0.5) is 0 Å². The van der Waals surface area contributed by atoms with Gasteiger partial charge >= 0.3 is 0 Å². The summed E-state index contributed by atoms with van der Waals surface area (Å²) in [5, 5.41) is 10.1. The van der Waals surface area contributed by atoms with Crippen LogP contribution in [0.5, 0.6) is 0 Å². The van der Waals surface area contributed by atoms with Gasteiger partial charge in [0.1, 0.15) is 7.85 Å². The maximum absolute atomic E-state index is 6.39. The van der Waals surface area contributed by atoms with E-state index in [9.17, 15) is 0 Å². The highest BCUT2D eigenvalue weighted by Gasteiger charge is 2.15. The topological polar surface area (TPSA) is 4.93 Å². The lowest BCUT2D eigenvalue weighted by atomic mass is 9.91. The number of rotatable bonds is 4. The molecule has 10 aromatic rings. The third-order valence-electron chi connectivity index (χ3n) is 10.3. The van der Waals surface area contributed by atoms with Crippen LogP contribution in [0.25, 0.3) is 93.2 Å². The van der Waals surface area contributed by atoms with Gasteiger partial charge in [-0.25, -0.2) is 0 Å². The molecule has 0 saturated carbocycles. The van der Waals surface area contributed by atoms with Crippen LogP contribution in [0.2, 0.25) is 0 Å². The Morgan fingerprint density at radius 1 is 0.280 bits per heavy atom. The van der Waals surface area contributed by atoms with Crippen LogP contribution in [-0.4, -0.2) is 12.4 Å². The van der Waals surface area contributed by atoms with E-state index in [1.165, 1.54) is 71.1 Å². The highest BCUT2D eigenvalue weighted by atomic mass is 15.0. The van der Waals surface area contributed by atoms with E-state index in [4.69, 9.17) is 7.85 Å². The smallest absolute Gasteiger partial charge is 0.113 e. The average Bonchev–Trinajstić information content (AvgIpc) is 3.51. The number of benzene rings is 9. The van der Waals surface area contributed by atoms with Crippen LogP contribution in [-0.2, 0) is 0 Å². The Balaban J connectivity index is 1.11. The van der Waals surface area contributed by atoms with E-state index in [2.05, 4.69) is 180 Å². The molecule has 0 bridgehead atoms. The first-order chi connectivity index (χ1) is 24.7. The zero-order valence-electron chi connectivity index (χ0n) is 27.3. The second kappa shape index (κ2) is 11.4. The molecular weight excluding hydrogens is 601 g/mol. The molecule has 10 rings (SSSR count). The summed E-state index contributed by atoms with van der Waals surface area (Å²) in [6.45, 7) is 0. The van der Waals surface area contributed by atoms with Gasteiger partial charge in [-0.1, -0.05) is 145 Å². The second-order valence-electron chi connectivity index (χ2n) is 13.2. The van der Waals surface area contributed by atoms with Crippen molar-refractivity contribution in [3.05, 3.63) is 182 Å². The van der Waals surface area contributed by atoms with Gasteiger partial charge in [0.25, 0.3) is 0 Å². The van der Waals surface area contributed by atoms with Crippen molar-refractivity contribution >= 4 is 67.4 Å². The number of aromatic nitrogens is 1. The van der Waals surface area contributed by atoms with Gasteiger partial charge in [0.2, 0.25) is 0 Å². The van der Waals surface area contributed by atoms with Crippen molar-refractivity contribution in [1.82, 2.24) is 4.57 Å². The standard InChI is InChI=1S/C48H30BN/c49-37-22-25-48-46(30-37)45-29-36(21-24-47(45)50(48)38-15-9-14-34(27-38)31-10-2-1-3-11-31)33-13-8-12-32(26-33)35-20-23-43-41-18-5-4-16-39(41)40-17-6-7-19-42(40)44(43)28-35/h1-30H. The van der Waals surface area contributed by atoms with Gasteiger partial charge in [-0.2, -0.15) is 0 Å². The Morgan fingerprint density at radius 2 is 0.740 bits per heavy atom. The second-order valence-corrected chi connectivity index (χ2v) is 13.2. The summed E-state index contributed by atoms with van der Waals surface area (Å²) < 4.78 is 2.36. The van der Waals surface area contributed by atoms with E-state index in [1.807, 2.05) is 6.07 Å². The van der Waals surface area contributed by atoms with Crippen molar-refractivity contribution in [3.8, 4) is 39.1 Å². The average molecular weight is 632 g/mol. The molecule has 0 spiro atoms.